The number of nitriles is 2. The van der Waals surface area contributed by atoms with Gasteiger partial charge in [-0.05, 0) is 42.0 Å². The Kier molecular flexibility index (Phi) is 5.50. The molecule has 176 valence electrons. The topological polar surface area (TPSA) is 104 Å². The molecule has 37 heavy (non-hydrogen) atoms. The van der Waals surface area contributed by atoms with Gasteiger partial charge in [0.2, 0.25) is 5.88 Å². The molecule has 0 atom stereocenters. The van der Waals surface area contributed by atoms with Crippen molar-refractivity contribution in [3.05, 3.63) is 114 Å². The van der Waals surface area contributed by atoms with Crippen molar-refractivity contribution in [2.24, 2.45) is 4.99 Å². The second-order valence-corrected chi connectivity index (χ2v) is 8.31. The molecule has 0 N–H and O–H groups in total. The van der Waals surface area contributed by atoms with Gasteiger partial charge in [0, 0.05) is 35.4 Å². The van der Waals surface area contributed by atoms with Crippen molar-refractivity contribution in [1.29, 1.82) is 10.5 Å². The Bertz CT molecular complexity index is 1820. The SMILES string of the molecule is N#Cc1ccccc1Cn1cc(C=Nc2oc(-c3ccco3)c(-c3ccco3)c2C#N)c2ccccc21. The Morgan fingerprint density at radius 1 is 0.838 bits per heavy atom. The molecule has 6 aromatic rings. The second-order valence-electron chi connectivity index (χ2n) is 8.31. The van der Waals surface area contributed by atoms with E-state index in [0.29, 0.717) is 35.0 Å². The normalized spacial score (nSPS) is 11.2. The molecule has 7 nitrogen and oxygen atoms in total. The molecule has 0 saturated carbocycles. The van der Waals surface area contributed by atoms with Gasteiger partial charge in [-0.15, -0.1) is 0 Å². The number of rotatable bonds is 6. The van der Waals surface area contributed by atoms with E-state index in [1.54, 1.807) is 30.5 Å². The van der Waals surface area contributed by atoms with E-state index >= 15 is 0 Å². The van der Waals surface area contributed by atoms with E-state index in [1.165, 1.54) is 12.5 Å². The molecule has 0 spiro atoms. The van der Waals surface area contributed by atoms with E-state index in [1.807, 2.05) is 54.7 Å². The summed E-state index contributed by atoms with van der Waals surface area (Å²) < 4.78 is 19.3. The third-order valence-electron chi connectivity index (χ3n) is 6.13. The zero-order chi connectivity index (χ0) is 25.2. The minimum absolute atomic E-state index is 0.159. The van der Waals surface area contributed by atoms with Crippen LogP contribution in [0.5, 0.6) is 0 Å². The maximum atomic E-state index is 10.0. The van der Waals surface area contributed by atoms with Crippen LogP contribution in [0.15, 0.2) is 110 Å². The van der Waals surface area contributed by atoms with E-state index in [4.69, 9.17) is 13.3 Å². The lowest BCUT2D eigenvalue weighted by Crippen LogP contribution is -2.00. The van der Waals surface area contributed by atoms with Crippen LogP contribution in [-0.2, 0) is 6.54 Å². The van der Waals surface area contributed by atoms with E-state index in [-0.39, 0.29) is 11.4 Å². The monoisotopic (exact) mass is 482 g/mol. The molecule has 0 fully saturated rings. The second kappa shape index (κ2) is 9.26. The summed E-state index contributed by atoms with van der Waals surface area (Å²) in [6.07, 6.45) is 6.75. The van der Waals surface area contributed by atoms with Gasteiger partial charge in [-0.2, -0.15) is 10.5 Å². The van der Waals surface area contributed by atoms with Crippen molar-refractivity contribution in [2.75, 3.05) is 0 Å². The molecule has 7 heteroatoms. The van der Waals surface area contributed by atoms with Crippen LogP contribution in [0, 0.1) is 22.7 Å². The molecular weight excluding hydrogens is 464 g/mol. The van der Waals surface area contributed by atoms with Gasteiger partial charge in [0.05, 0.1) is 29.7 Å². The van der Waals surface area contributed by atoms with Crippen LogP contribution in [0.25, 0.3) is 33.7 Å². The van der Waals surface area contributed by atoms with Crippen LogP contribution in [0.3, 0.4) is 0 Å². The summed E-state index contributed by atoms with van der Waals surface area (Å²) in [7, 11) is 0. The number of fused-ring (bicyclic) bond motifs is 1. The van der Waals surface area contributed by atoms with Crippen molar-refractivity contribution in [3.8, 4) is 35.0 Å². The summed E-state index contributed by atoms with van der Waals surface area (Å²) in [5, 5.41) is 20.5. The standard InChI is InChI=1S/C30H18N4O3/c31-15-20-7-1-2-8-21(20)18-34-19-22(23-9-3-4-10-25(23)34)17-33-30-24(16-32)28(26-11-5-13-35-26)29(37-30)27-12-6-14-36-27/h1-14,17,19H,18H2. The van der Waals surface area contributed by atoms with E-state index in [0.717, 1.165) is 22.0 Å². The number of aromatic nitrogens is 1. The van der Waals surface area contributed by atoms with Gasteiger partial charge in [-0.25, -0.2) is 4.99 Å². The molecular formula is C30H18N4O3. The first-order valence-corrected chi connectivity index (χ1v) is 11.5. The van der Waals surface area contributed by atoms with Crippen molar-refractivity contribution < 1.29 is 13.3 Å². The Morgan fingerprint density at radius 2 is 1.59 bits per heavy atom. The first-order valence-electron chi connectivity index (χ1n) is 11.5. The molecule has 0 bridgehead atoms. The first kappa shape index (κ1) is 22.0. The zero-order valence-corrected chi connectivity index (χ0v) is 19.5. The molecule has 0 aliphatic carbocycles. The predicted molar refractivity (Wildman–Crippen MR) is 138 cm³/mol. The molecule has 0 unspecified atom stereocenters. The third-order valence-corrected chi connectivity index (χ3v) is 6.13. The van der Waals surface area contributed by atoms with Crippen molar-refractivity contribution in [1.82, 2.24) is 4.57 Å². The molecule has 4 aromatic heterocycles. The highest BCUT2D eigenvalue weighted by molar-refractivity contribution is 6.00. The highest BCUT2D eigenvalue weighted by Gasteiger charge is 2.26. The molecule has 0 aliphatic rings. The van der Waals surface area contributed by atoms with E-state index in [2.05, 4.69) is 21.7 Å². The first-order chi connectivity index (χ1) is 18.3. The summed E-state index contributed by atoms with van der Waals surface area (Å²) >= 11 is 0. The fourth-order valence-electron chi connectivity index (χ4n) is 4.44. The summed E-state index contributed by atoms with van der Waals surface area (Å²) in [6.45, 7) is 0.535. The summed E-state index contributed by atoms with van der Waals surface area (Å²) in [5.74, 6) is 1.49. The Labute approximate surface area is 211 Å². The number of para-hydroxylation sites is 1. The molecule has 0 amide bonds. The molecule has 0 radical (unpaired) electrons. The number of nitrogens with zero attached hydrogens (tertiary/aromatic N) is 4. The van der Waals surface area contributed by atoms with Crippen LogP contribution in [0.4, 0.5) is 5.88 Å². The lowest BCUT2D eigenvalue weighted by atomic mass is 10.1. The Morgan fingerprint density at radius 3 is 2.35 bits per heavy atom. The average Bonchev–Trinajstić information content (AvgIpc) is 3.74. The zero-order valence-electron chi connectivity index (χ0n) is 19.5. The van der Waals surface area contributed by atoms with Gasteiger partial charge >= 0.3 is 0 Å². The molecule has 6 rings (SSSR count). The number of hydrogen-bond acceptors (Lipinski definition) is 6. The summed E-state index contributed by atoms with van der Waals surface area (Å²) in [4.78, 5) is 4.59. The summed E-state index contributed by atoms with van der Waals surface area (Å²) in [5.41, 5.74) is 4.17. The Balaban J connectivity index is 1.44. The lowest BCUT2D eigenvalue weighted by Gasteiger charge is -2.07. The highest BCUT2D eigenvalue weighted by Crippen LogP contribution is 2.42. The molecule has 0 saturated heterocycles. The third kappa shape index (κ3) is 3.91. The van der Waals surface area contributed by atoms with E-state index in [9.17, 15) is 10.5 Å². The van der Waals surface area contributed by atoms with Crippen LogP contribution in [0.2, 0.25) is 0 Å². The van der Waals surface area contributed by atoms with Gasteiger partial charge in [0.1, 0.15) is 17.4 Å². The van der Waals surface area contributed by atoms with Gasteiger partial charge < -0.3 is 17.8 Å². The van der Waals surface area contributed by atoms with Crippen LogP contribution >= 0.6 is 0 Å². The van der Waals surface area contributed by atoms with Crippen LogP contribution in [-0.4, -0.2) is 10.8 Å². The Hall–Kier alpha value is -5.53. The van der Waals surface area contributed by atoms with Crippen LogP contribution in [0.1, 0.15) is 22.3 Å². The molecule has 4 heterocycles. The minimum atomic E-state index is 0.159. The quantitative estimate of drug-likeness (QED) is 0.232. The van der Waals surface area contributed by atoms with Gasteiger partial charge in [0.25, 0.3) is 0 Å². The summed E-state index contributed by atoms with van der Waals surface area (Å²) in [6, 6.07) is 27.0. The van der Waals surface area contributed by atoms with Crippen molar-refractivity contribution in [3.63, 3.8) is 0 Å². The fraction of sp³-hybridized carbons (Fsp3) is 0.0333. The van der Waals surface area contributed by atoms with Gasteiger partial charge in [-0.1, -0.05) is 36.4 Å². The lowest BCUT2D eigenvalue weighted by molar-refractivity contribution is 0.527. The van der Waals surface area contributed by atoms with Crippen LogP contribution < -0.4 is 0 Å². The van der Waals surface area contributed by atoms with Crippen molar-refractivity contribution in [2.45, 2.75) is 6.54 Å². The van der Waals surface area contributed by atoms with Crippen molar-refractivity contribution >= 4 is 23.0 Å². The maximum absolute atomic E-state index is 10.0. The predicted octanol–water partition coefficient (Wildman–Crippen LogP) is 7.30. The van der Waals surface area contributed by atoms with Gasteiger partial charge in [-0.3, -0.25) is 0 Å². The smallest absolute Gasteiger partial charge is 0.238 e. The maximum Gasteiger partial charge on any atom is 0.238 e. The molecule has 0 aliphatic heterocycles. The fourth-order valence-corrected chi connectivity index (χ4v) is 4.44. The number of benzene rings is 2. The minimum Gasteiger partial charge on any atom is -0.464 e. The molecule has 2 aromatic carbocycles. The largest absolute Gasteiger partial charge is 0.464 e. The highest BCUT2D eigenvalue weighted by atomic mass is 16.4. The van der Waals surface area contributed by atoms with Gasteiger partial charge in [0.15, 0.2) is 11.5 Å². The number of hydrogen-bond donors (Lipinski definition) is 0. The van der Waals surface area contributed by atoms with E-state index < -0.39 is 0 Å². The number of aliphatic imine (C=N–C) groups is 1. The average molecular weight is 482 g/mol. The number of furan rings is 3.